The van der Waals surface area contributed by atoms with Crippen LogP contribution in [0.1, 0.15) is 17.1 Å². The Balaban J connectivity index is 1.80. The number of fused-ring (bicyclic) bond motifs is 1. The van der Waals surface area contributed by atoms with Crippen LogP contribution >= 0.6 is 11.8 Å². The first-order valence-corrected chi connectivity index (χ1v) is 7.74. The first-order chi connectivity index (χ1) is 10.2. The number of hydrogen-bond acceptors (Lipinski definition) is 4. The van der Waals surface area contributed by atoms with Crippen LogP contribution in [0.5, 0.6) is 0 Å². The molecular weight excluding hydrogens is 282 g/mol. The Morgan fingerprint density at radius 2 is 2.19 bits per heavy atom. The number of hydrogen-bond donors (Lipinski definition) is 0. The van der Waals surface area contributed by atoms with Crippen LogP contribution in [0.25, 0.3) is 5.65 Å². The lowest BCUT2D eigenvalue weighted by molar-refractivity contribution is 0.703. The molecule has 0 bridgehead atoms. The fourth-order valence-corrected chi connectivity index (χ4v) is 3.10. The molecule has 0 aliphatic rings. The summed E-state index contributed by atoms with van der Waals surface area (Å²) in [6, 6.07) is 4.11. The Morgan fingerprint density at radius 3 is 2.95 bits per heavy atom. The van der Waals surface area contributed by atoms with Crippen LogP contribution in [-0.4, -0.2) is 24.1 Å². The predicted octanol–water partition coefficient (Wildman–Crippen LogP) is 3.02. The molecule has 6 heteroatoms. The molecule has 3 heterocycles. The predicted molar refractivity (Wildman–Crippen MR) is 84.4 cm³/mol. The van der Waals surface area contributed by atoms with Gasteiger partial charge in [0.15, 0.2) is 5.16 Å². The first kappa shape index (κ1) is 13.9. The van der Waals surface area contributed by atoms with Crippen LogP contribution in [0, 0.1) is 13.8 Å². The summed E-state index contributed by atoms with van der Waals surface area (Å²) in [7, 11) is 0. The zero-order valence-corrected chi connectivity index (χ0v) is 13.0. The van der Waals surface area contributed by atoms with E-state index in [1.54, 1.807) is 11.8 Å². The van der Waals surface area contributed by atoms with E-state index in [9.17, 15) is 0 Å². The number of allylic oxidation sites excluding steroid dienone is 1. The highest BCUT2D eigenvalue weighted by atomic mass is 32.2. The maximum atomic E-state index is 4.67. The van der Waals surface area contributed by atoms with Crippen LogP contribution in [-0.2, 0) is 12.3 Å². The Hall–Kier alpha value is -2.08. The molecule has 0 aliphatic heterocycles. The van der Waals surface area contributed by atoms with Gasteiger partial charge in [0.2, 0.25) is 0 Å². The quantitative estimate of drug-likeness (QED) is 0.537. The summed E-state index contributed by atoms with van der Waals surface area (Å²) in [6.45, 7) is 8.53. The summed E-state index contributed by atoms with van der Waals surface area (Å²) >= 11 is 1.65. The number of nitrogens with zero attached hydrogens (tertiary/aromatic N) is 5. The zero-order valence-electron chi connectivity index (χ0n) is 12.2. The van der Waals surface area contributed by atoms with Gasteiger partial charge in [-0.3, -0.25) is 0 Å². The Bertz CT molecular complexity index is 787. The van der Waals surface area contributed by atoms with E-state index in [1.807, 2.05) is 25.3 Å². The number of thioether (sulfide) groups is 1. The highest BCUT2D eigenvalue weighted by Gasteiger charge is 2.10. The molecule has 0 fully saturated rings. The van der Waals surface area contributed by atoms with Gasteiger partial charge in [-0.1, -0.05) is 23.9 Å². The fraction of sp³-hybridized carbons (Fsp3) is 0.267. The van der Waals surface area contributed by atoms with Crippen molar-refractivity contribution in [3.8, 4) is 0 Å². The van der Waals surface area contributed by atoms with Gasteiger partial charge >= 0.3 is 0 Å². The second kappa shape index (κ2) is 5.73. The Morgan fingerprint density at radius 1 is 1.33 bits per heavy atom. The number of pyridine rings is 1. The Labute approximate surface area is 127 Å². The summed E-state index contributed by atoms with van der Waals surface area (Å²) in [5.41, 5.74) is 3.23. The standard InChI is InChI=1S/C15H17N5S/c1-4-7-20-12(3)17-18-15(20)21-10-13-9-19-8-5-6-11(2)14(19)16-13/h4-6,8-9H,1,7,10H2,2-3H3. The second-order valence-electron chi connectivity index (χ2n) is 4.87. The van der Waals surface area contributed by atoms with Crippen LogP contribution in [0.15, 0.2) is 42.3 Å². The van der Waals surface area contributed by atoms with Crippen molar-refractivity contribution in [3.05, 3.63) is 54.3 Å². The minimum atomic E-state index is 0.728. The van der Waals surface area contributed by atoms with Crippen molar-refractivity contribution < 1.29 is 0 Å². The van der Waals surface area contributed by atoms with Crippen LogP contribution < -0.4 is 0 Å². The average molecular weight is 299 g/mol. The minimum absolute atomic E-state index is 0.728. The molecule has 21 heavy (non-hydrogen) atoms. The molecule has 0 saturated heterocycles. The third-order valence-electron chi connectivity index (χ3n) is 3.29. The summed E-state index contributed by atoms with van der Waals surface area (Å²) in [6.07, 6.45) is 5.94. The lowest BCUT2D eigenvalue weighted by atomic mass is 10.3. The van der Waals surface area contributed by atoms with Gasteiger partial charge in [-0.2, -0.15) is 0 Å². The van der Waals surface area contributed by atoms with E-state index in [0.717, 1.165) is 34.6 Å². The van der Waals surface area contributed by atoms with Crippen LogP contribution in [0.2, 0.25) is 0 Å². The monoisotopic (exact) mass is 299 g/mol. The molecule has 0 spiro atoms. The number of aromatic nitrogens is 5. The van der Waals surface area contributed by atoms with Crippen molar-refractivity contribution in [1.82, 2.24) is 24.1 Å². The molecule has 0 atom stereocenters. The number of rotatable bonds is 5. The molecule has 0 N–H and O–H groups in total. The highest BCUT2D eigenvalue weighted by Crippen LogP contribution is 2.22. The van der Waals surface area contributed by atoms with E-state index < -0.39 is 0 Å². The molecule has 3 aromatic heterocycles. The van der Waals surface area contributed by atoms with Crippen molar-refractivity contribution in [2.24, 2.45) is 0 Å². The maximum absolute atomic E-state index is 4.67. The van der Waals surface area contributed by atoms with Crippen molar-refractivity contribution >= 4 is 17.4 Å². The third-order valence-corrected chi connectivity index (χ3v) is 4.29. The van der Waals surface area contributed by atoms with Gasteiger partial charge in [0.1, 0.15) is 11.5 Å². The van der Waals surface area contributed by atoms with Gasteiger partial charge < -0.3 is 8.97 Å². The fourth-order valence-electron chi connectivity index (χ4n) is 2.22. The van der Waals surface area contributed by atoms with E-state index in [2.05, 4.69) is 49.9 Å². The van der Waals surface area contributed by atoms with Gasteiger partial charge in [-0.05, 0) is 25.5 Å². The van der Waals surface area contributed by atoms with Gasteiger partial charge in [-0.25, -0.2) is 4.98 Å². The van der Waals surface area contributed by atoms with Gasteiger partial charge in [-0.15, -0.1) is 16.8 Å². The summed E-state index contributed by atoms with van der Waals surface area (Å²) < 4.78 is 4.11. The lowest BCUT2D eigenvalue weighted by Crippen LogP contribution is -2.00. The zero-order chi connectivity index (χ0) is 14.8. The van der Waals surface area contributed by atoms with E-state index >= 15 is 0 Å². The SMILES string of the molecule is C=CCn1c(C)nnc1SCc1cn2cccc(C)c2n1. The average Bonchev–Trinajstić information content (AvgIpc) is 3.03. The van der Waals surface area contributed by atoms with Crippen molar-refractivity contribution in [3.63, 3.8) is 0 Å². The number of imidazole rings is 1. The summed E-state index contributed by atoms with van der Waals surface area (Å²) in [4.78, 5) is 4.67. The summed E-state index contributed by atoms with van der Waals surface area (Å²) in [5, 5.41) is 9.24. The molecule has 0 saturated carbocycles. The first-order valence-electron chi connectivity index (χ1n) is 6.75. The van der Waals surface area contributed by atoms with E-state index in [4.69, 9.17) is 0 Å². The van der Waals surface area contributed by atoms with Crippen LogP contribution in [0.3, 0.4) is 0 Å². The van der Waals surface area contributed by atoms with Crippen molar-refractivity contribution in [2.45, 2.75) is 31.3 Å². The van der Waals surface area contributed by atoms with E-state index in [0.29, 0.717) is 0 Å². The normalized spacial score (nSPS) is 11.1. The van der Waals surface area contributed by atoms with Gasteiger partial charge in [0, 0.05) is 24.7 Å². The lowest BCUT2D eigenvalue weighted by Gasteiger charge is -2.03. The molecule has 0 aromatic carbocycles. The second-order valence-corrected chi connectivity index (χ2v) is 5.81. The third kappa shape index (κ3) is 2.71. The molecule has 3 aromatic rings. The van der Waals surface area contributed by atoms with E-state index in [1.165, 1.54) is 5.56 Å². The molecule has 108 valence electrons. The molecule has 0 aliphatic carbocycles. The van der Waals surface area contributed by atoms with E-state index in [-0.39, 0.29) is 0 Å². The number of aryl methyl sites for hydroxylation is 2. The van der Waals surface area contributed by atoms with Crippen molar-refractivity contribution in [1.29, 1.82) is 0 Å². The molecule has 5 nitrogen and oxygen atoms in total. The highest BCUT2D eigenvalue weighted by molar-refractivity contribution is 7.98. The molecular formula is C15H17N5S. The minimum Gasteiger partial charge on any atom is -0.307 e. The maximum Gasteiger partial charge on any atom is 0.191 e. The molecule has 0 radical (unpaired) electrons. The summed E-state index contributed by atoms with van der Waals surface area (Å²) in [5.74, 6) is 1.68. The Kier molecular flexibility index (Phi) is 3.79. The van der Waals surface area contributed by atoms with Crippen molar-refractivity contribution in [2.75, 3.05) is 0 Å². The molecule has 0 unspecified atom stereocenters. The molecule has 3 rings (SSSR count). The van der Waals surface area contributed by atoms with Gasteiger partial charge in [0.05, 0.1) is 5.69 Å². The molecule has 0 amide bonds. The topological polar surface area (TPSA) is 48.0 Å². The smallest absolute Gasteiger partial charge is 0.191 e. The van der Waals surface area contributed by atoms with Gasteiger partial charge in [0.25, 0.3) is 0 Å². The largest absolute Gasteiger partial charge is 0.307 e. The van der Waals surface area contributed by atoms with Crippen LogP contribution in [0.4, 0.5) is 0 Å².